The molecule has 0 spiro atoms. The Labute approximate surface area is 114 Å². The number of nitrogens with one attached hydrogen (secondary N) is 1. The van der Waals surface area contributed by atoms with Crippen LogP contribution in [-0.2, 0) is 4.79 Å². The molecule has 1 aliphatic rings. The molecule has 1 N–H and O–H groups in total. The molecule has 2 rings (SSSR count). The average molecular weight is 262 g/mol. The fraction of sp³-hybridized carbons (Fsp3) is 0.533. The van der Waals surface area contributed by atoms with Gasteiger partial charge in [-0.1, -0.05) is 12.1 Å². The largest absolute Gasteiger partial charge is 0.497 e. The summed E-state index contributed by atoms with van der Waals surface area (Å²) >= 11 is 0. The fourth-order valence-corrected chi connectivity index (χ4v) is 2.50. The van der Waals surface area contributed by atoms with E-state index in [1.165, 1.54) is 0 Å². The quantitative estimate of drug-likeness (QED) is 0.882. The minimum Gasteiger partial charge on any atom is -0.497 e. The molecule has 104 valence electrons. The zero-order valence-corrected chi connectivity index (χ0v) is 11.7. The van der Waals surface area contributed by atoms with Gasteiger partial charge in [-0.3, -0.25) is 4.79 Å². The first-order valence-corrected chi connectivity index (χ1v) is 6.83. The number of likely N-dealkylation sites (N-methyl/N-ethyl adjacent to an activating group) is 1. The number of carbonyl (C=O) groups is 1. The molecule has 0 aliphatic carbocycles. The van der Waals surface area contributed by atoms with E-state index in [4.69, 9.17) is 4.74 Å². The van der Waals surface area contributed by atoms with Crippen molar-refractivity contribution in [1.29, 1.82) is 0 Å². The number of amides is 1. The summed E-state index contributed by atoms with van der Waals surface area (Å²) in [5.41, 5.74) is 1.15. The van der Waals surface area contributed by atoms with E-state index in [0.29, 0.717) is 6.42 Å². The molecule has 1 fully saturated rings. The van der Waals surface area contributed by atoms with Crippen molar-refractivity contribution in [3.05, 3.63) is 29.8 Å². The normalized spacial score (nSPS) is 17.4. The summed E-state index contributed by atoms with van der Waals surface area (Å²) < 4.78 is 5.25. The van der Waals surface area contributed by atoms with Gasteiger partial charge in [-0.15, -0.1) is 0 Å². The van der Waals surface area contributed by atoms with Gasteiger partial charge in [-0.25, -0.2) is 0 Å². The highest BCUT2D eigenvalue weighted by Crippen LogP contribution is 2.21. The first-order chi connectivity index (χ1) is 9.24. The van der Waals surface area contributed by atoms with Crippen LogP contribution in [0.2, 0.25) is 0 Å². The van der Waals surface area contributed by atoms with Gasteiger partial charge in [0.15, 0.2) is 0 Å². The molecule has 1 atom stereocenters. The number of rotatable bonds is 5. The van der Waals surface area contributed by atoms with Crippen molar-refractivity contribution in [3.63, 3.8) is 0 Å². The van der Waals surface area contributed by atoms with Crippen LogP contribution in [0.1, 0.15) is 30.9 Å². The van der Waals surface area contributed by atoms with E-state index in [0.717, 1.165) is 37.2 Å². The molecule has 0 radical (unpaired) electrons. The summed E-state index contributed by atoms with van der Waals surface area (Å²) in [6.45, 7) is 1.60. The Morgan fingerprint density at radius 2 is 2.26 bits per heavy atom. The van der Waals surface area contributed by atoms with Gasteiger partial charge < -0.3 is 15.0 Å². The molecule has 1 amide bonds. The van der Waals surface area contributed by atoms with Gasteiger partial charge in [0.2, 0.25) is 5.91 Å². The van der Waals surface area contributed by atoms with Crippen molar-refractivity contribution in [2.75, 3.05) is 27.2 Å². The maximum atomic E-state index is 11.9. The Hall–Kier alpha value is -1.55. The van der Waals surface area contributed by atoms with Gasteiger partial charge in [0.05, 0.1) is 7.11 Å². The van der Waals surface area contributed by atoms with Crippen molar-refractivity contribution in [3.8, 4) is 5.75 Å². The van der Waals surface area contributed by atoms with E-state index in [-0.39, 0.29) is 11.9 Å². The lowest BCUT2D eigenvalue weighted by Gasteiger charge is -2.30. The first-order valence-electron chi connectivity index (χ1n) is 6.83. The maximum absolute atomic E-state index is 11.9. The molecule has 4 nitrogen and oxygen atoms in total. The molecule has 0 saturated carbocycles. The zero-order valence-electron chi connectivity index (χ0n) is 11.7. The van der Waals surface area contributed by atoms with Gasteiger partial charge in [0.1, 0.15) is 5.75 Å². The molecule has 4 heteroatoms. The number of carbonyl (C=O) groups excluding carboxylic acids is 1. The molecular formula is C15H22N2O2. The van der Waals surface area contributed by atoms with Crippen molar-refractivity contribution in [2.24, 2.45) is 0 Å². The van der Waals surface area contributed by atoms with Crippen molar-refractivity contribution in [1.82, 2.24) is 10.2 Å². The third-order valence-corrected chi connectivity index (χ3v) is 3.67. The first kappa shape index (κ1) is 13.9. The zero-order chi connectivity index (χ0) is 13.7. The van der Waals surface area contributed by atoms with Gasteiger partial charge in [0, 0.05) is 25.6 Å². The summed E-state index contributed by atoms with van der Waals surface area (Å²) in [6.07, 6.45) is 2.83. The molecule has 0 aromatic heterocycles. The van der Waals surface area contributed by atoms with Crippen LogP contribution in [0.3, 0.4) is 0 Å². The van der Waals surface area contributed by atoms with Crippen molar-refractivity contribution < 1.29 is 9.53 Å². The topological polar surface area (TPSA) is 41.6 Å². The molecule has 1 heterocycles. The summed E-state index contributed by atoms with van der Waals surface area (Å²) in [7, 11) is 3.60. The molecule has 1 aromatic carbocycles. The molecule has 1 saturated heterocycles. The third kappa shape index (κ3) is 3.47. The van der Waals surface area contributed by atoms with Gasteiger partial charge in [-0.2, -0.15) is 0 Å². The molecule has 1 aliphatic heterocycles. The summed E-state index contributed by atoms with van der Waals surface area (Å²) in [5.74, 6) is 1.12. The Kier molecular flexibility index (Phi) is 4.80. The summed E-state index contributed by atoms with van der Waals surface area (Å²) in [4.78, 5) is 13.8. The molecule has 19 heavy (non-hydrogen) atoms. The van der Waals surface area contributed by atoms with E-state index in [1.807, 2.05) is 30.1 Å². The number of nitrogens with zero attached hydrogens (tertiary/aromatic N) is 1. The van der Waals surface area contributed by atoms with E-state index >= 15 is 0 Å². The predicted octanol–water partition coefficient (Wildman–Crippen LogP) is 1.97. The lowest BCUT2D eigenvalue weighted by atomic mass is 10.0. The number of hydrogen-bond acceptors (Lipinski definition) is 3. The van der Waals surface area contributed by atoms with E-state index in [9.17, 15) is 4.79 Å². The number of piperidine rings is 1. The molecular weight excluding hydrogens is 240 g/mol. The van der Waals surface area contributed by atoms with Crippen molar-refractivity contribution in [2.45, 2.75) is 25.3 Å². The smallest absolute Gasteiger partial charge is 0.222 e. The van der Waals surface area contributed by atoms with Gasteiger partial charge >= 0.3 is 0 Å². The second kappa shape index (κ2) is 6.57. The highest BCUT2D eigenvalue weighted by Gasteiger charge is 2.21. The van der Waals surface area contributed by atoms with Crippen LogP contribution in [0.25, 0.3) is 0 Å². The Bertz CT molecular complexity index is 434. The second-order valence-corrected chi connectivity index (χ2v) is 4.91. The fourth-order valence-electron chi connectivity index (χ4n) is 2.50. The standard InChI is InChI=1S/C15H22N2O2/c1-16-14(11-17-9-4-3-8-15(17)18)12-6-5-7-13(10-12)19-2/h5-7,10,14,16H,3-4,8-9,11H2,1-2H3. The lowest BCUT2D eigenvalue weighted by molar-refractivity contribution is -0.133. The summed E-state index contributed by atoms with van der Waals surface area (Å²) in [5, 5.41) is 3.29. The maximum Gasteiger partial charge on any atom is 0.222 e. The number of benzene rings is 1. The Morgan fingerprint density at radius 3 is 2.95 bits per heavy atom. The van der Waals surface area contributed by atoms with Crippen LogP contribution >= 0.6 is 0 Å². The van der Waals surface area contributed by atoms with E-state index in [2.05, 4.69) is 11.4 Å². The molecule has 1 unspecified atom stereocenters. The average Bonchev–Trinajstić information content (AvgIpc) is 2.46. The van der Waals surface area contributed by atoms with Gasteiger partial charge in [0.25, 0.3) is 0 Å². The van der Waals surface area contributed by atoms with Crippen LogP contribution in [0, 0.1) is 0 Å². The minimum absolute atomic E-state index is 0.150. The predicted molar refractivity (Wildman–Crippen MR) is 75.2 cm³/mol. The minimum atomic E-state index is 0.150. The monoisotopic (exact) mass is 262 g/mol. The molecule has 1 aromatic rings. The van der Waals surface area contributed by atoms with Crippen molar-refractivity contribution >= 4 is 5.91 Å². The number of ether oxygens (including phenoxy) is 1. The van der Waals surface area contributed by atoms with E-state index in [1.54, 1.807) is 7.11 Å². The highest BCUT2D eigenvalue weighted by atomic mass is 16.5. The highest BCUT2D eigenvalue weighted by molar-refractivity contribution is 5.76. The third-order valence-electron chi connectivity index (χ3n) is 3.67. The van der Waals surface area contributed by atoms with Crippen LogP contribution in [0.5, 0.6) is 5.75 Å². The SMILES string of the molecule is CNC(CN1CCCCC1=O)c1cccc(OC)c1. The van der Waals surface area contributed by atoms with Crippen LogP contribution in [-0.4, -0.2) is 38.1 Å². The van der Waals surface area contributed by atoms with Crippen LogP contribution in [0.15, 0.2) is 24.3 Å². The van der Waals surface area contributed by atoms with E-state index < -0.39 is 0 Å². The Balaban J connectivity index is 2.08. The van der Waals surface area contributed by atoms with Gasteiger partial charge in [-0.05, 0) is 37.6 Å². The Morgan fingerprint density at radius 1 is 1.42 bits per heavy atom. The lowest BCUT2D eigenvalue weighted by Crippen LogP contribution is -2.40. The number of hydrogen-bond donors (Lipinski definition) is 1. The molecule has 0 bridgehead atoms. The number of methoxy groups -OCH3 is 1. The second-order valence-electron chi connectivity index (χ2n) is 4.91. The van der Waals surface area contributed by atoms with Crippen LogP contribution in [0.4, 0.5) is 0 Å². The number of likely N-dealkylation sites (tertiary alicyclic amines) is 1. The summed E-state index contributed by atoms with van der Waals surface area (Å²) in [6, 6.07) is 8.16. The van der Waals surface area contributed by atoms with Crippen LogP contribution < -0.4 is 10.1 Å².